The lowest BCUT2D eigenvalue weighted by Crippen LogP contribution is -2.36. The molecule has 1 aliphatic carbocycles. The standard InChI is InChI=1S/C27H34NO4P/c1-18(2)21-16-15-19(3)17-24(21)32-33(30,20-11-7-6-8-12-20)26-22-13-9-10-14-23(22)28(4)25(26)27(29)31-5/h6-14,18-19,21,24H,15-17H2,1-5H3/t19-,21+,24-,33?/m0/s1. The van der Waals surface area contributed by atoms with Crippen LogP contribution in [0.2, 0.25) is 0 Å². The number of benzene rings is 2. The predicted molar refractivity (Wildman–Crippen MR) is 134 cm³/mol. The van der Waals surface area contributed by atoms with Gasteiger partial charge in [-0.2, -0.15) is 0 Å². The van der Waals surface area contributed by atoms with Crippen LogP contribution in [0.4, 0.5) is 0 Å². The van der Waals surface area contributed by atoms with Crippen molar-refractivity contribution in [3.63, 3.8) is 0 Å². The zero-order chi connectivity index (χ0) is 23.8. The molecule has 4 atom stereocenters. The van der Waals surface area contributed by atoms with E-state index in [4.69, 9.17) is 9.26 Å². The molecular weight excluding hydrogens is 433 g/mol. The molecule has 176 valence electrons. The van der Waals surface area contributed by atoms with Crippen LogP contribution in [0.1, 0.15) is 50.5 Å². The van der Waals surface area contributed by atoms with Gasteiger partial charge in [0.1, 0.15) is 5.69 Å². The molecule has 0 spiro atoms. The van der Waals surface area contributed by atoms with Crippen LogP contribution < -0.4 is 10.6 Å². The first-order chi connectivity index (χ1) is 15.8. The van der Waals surface area contributed by atoms with E-state index >= 15 is 4.57 Å². The fourth-order valence-electron chi connectivity index (χ4n) is 5.29. The third kappa shape index (κ3) is 4.29. The van der Waals surface area contributed by atoms with E-state index in [9.17, 15) is 4.79 Å². The summed E-state index contributed by atoms with van der Waals surface area (Å²) in [7, 11) is -0.478. The number of para-hydroxylation sites is 1. The maximum absolute atomic E-state index is 15.2. The Morgan fingerprint density at radius 3 is 2.39 bits per heavy atom. The van der Waals surface area contributed by atoms with E-state index in [0.29, 0.717) is 28.4 Å². The fraction of sp³-hybridized carbons (Fsp3) is 0.444. The molecule has 1 fully saturated rings. The van der Waals surface area contributed by atoms with Crippen molar-refractivity contribution in [3.8, 4) is 0 Å². The van der Waals surface area contributed by atoms with Crippen molar-refractivity contribution in [1.29, 1.82) is 0 Å². The first kappa shape index (κ1) is 23.8. The average Bonchev–Trinajstić information content (AvgIpc) is 3.12. The van der Waals surface area contributed by atoms with Gasteiger partial charge in [0.15, 0.2) is 0 Å². The third-order valence-corrected chi connectivity index (χ3v) is 9.68. The molecule has 0 radical (unpaired) electrons. The highest BCUT2D eigenvalue weighted by molar-refractivity contribution is 7.75. The van der Waals surface area contributed by atoms with Crippen LogP contribution >= 0.6 is 7.37 Å². The van der Waals surface area contributed by atoms with E-state index in [-0.39, 0.29) is 11.8 Å². The van der Waals surface area contributed by atoms with E-state index in [1.807, 2.05) is 61.6 Å². The number of aryl methyl sites for hydroxylation is 1. The van der Waals surface area contributed by atoms with Gasteiger partial charge in [0.2, 0.25) is 0 Å². The van der Waals surface area contributed by atoms with Gasteiger partial charge < -0.3 is 13.8 Å². The van der Waals surface area contributed by atoms with Crippen molar-refractivity contribution in [1.82, 2.24) is 4.57 Å². The summed E-state index contributed by atoms with van der Waals surface area (Å²) in [5, 5.41) is 1.81. The number of carbonyl (C=O) groups is 1. The maximum atomic E-state index is 15.2. The van der Waals surface area contributed by atoms with Gasteiger partial charge in [-0.15, -0.1) is 0 Å². The summed E-state index contributed by atoms with van der Waals surface area (Å²) in [5.41, 5.74) is 1.11. The Morgan fingerprint density at radius 1 is 1.06 bits per heavy atom. The van der Waals surface area contributed by atoms with Gasteiger partial charge in [-0.05, 0) is 48.8 Å². The summed E-state index contributed by atoms with van der Waals surface area (Å²) in [6.45, 7) is 6.66. The van der Waals surface area contributed by atoms with E-state index in [0.717, 1.165) is 30.2 Å². The lowest BCUT2D eigenvalue weighted by molar-refractivity contribution is 0.0510. The first-order valence-electron chi connectivity index (χ1n) is 11.8. The van der Waals surface area contributed by atoms with Gasteiger partial charge >= 0.3 is 5.97 Å². The van der Waals surface area contributed by atoms with E-state index in [1.165, 1.54) is 7.11 Å². The van der Waals surface area contributed by atoms with Gasteiger partial charge in [0.25, 0.3) is 7.37 Å². The van der Waals surface area contributed by atoms with Gasteiger partial charge in [-0.3, -0.25) is 4.57 Å². The monoisotopic (exact) mass is 467 g/mol. The van der Waals surface area contributed by atoms with Crippen molar-refractivity contribution in [2.24, 2.45) is 24.8 Å². The number of carbonyl (C=O) groups excluding carboxylic acids is 1. The molecule has 6 heteroatoms. The van der Waals surface area contributed by atoms with Gasteiger partial charge in [0, 0.05) is 23.3 Å². The second kappa shape index (κ2) is 9.48. The zero-order valence-electron chi connectivity index (χ0n) is 20.2. The molecule has 1 aromatic heterocycles. The van der Waals surface area contributed by atoms with Crippen LogP contribution in [0.25, 0.3) is 10.9 Å². The molecule has 5 nitrogen and oxygen atoms in total. The number of hydrogen-bond donors (Lipinski definition) is 0. The minimum Gasteiger partial charge on any atom is -0.464 e. The van der Waals surface area contributed by atoms with Crippen molar-refractivity contribution >= 4 is 34.9 Å². The van der Waals surface area contributed by atoms with Crippen molar-refractivity contribution in [2.75, 3.05) is 7.11 Å². The Bertz CT molecular complexity index is 1180. The van der Waals surface area contributed by atoms with Crippen LogP contribution in [0, 0.1) is 17.8 Å². The van der Waals surface area contributed by atoms with Crippen molar-refractivity contribution in [3.05, 3.63) is 60.3 Å². The number of esters is 1. The summed E-state index contributed by atoms with van der Waals surface area (Å²) in [6.07, 6.45) is 2.92. The van der Waals surface area contributed by atoms with Crippen LogP contribution in [-0.4, -0.2) is 23.8 Å². The number of hydrogen-bond acceptors (Lipinski definition) is 4. The molecule has 1 heterocycles. The molecule has 1 saturated carbocycles. The minimum absolute atomic E-state index is 0.149. The molecular formula is C27H34NO4P. The SMILES string of the molecule is COC(=O)c1c(P(=O)(O[C@H]2C[C@@H](C)CC[C@@H]2C(C)C)c2ccccc2)c2ccccc2n1C. The lowest BCUT2D eigenvalue weighted by Gasteiger charge is -2.39. The summed E-state index contributed by atoms with van der Waals surface area (Å²) >= 11 is 0. The number of aromatic nitrogens is 1. The quantitative estimate of drug-likeness (QED) is 0.346. The largest absolute Gasteiger partial charge is 0.464 e. The molecule has 3 aromatic rings. The molecule has 0 amide bonds. The van der Waals surface area contributed by atoms with Crippen molar-refractivity contribution < 1.29 is 18.6 Å². The molecule has 0 saturated heterocycles. The highest BCUT2D eigenvalue weighted by Crippen LogP contribution is 2.52. The van der Waals surface area contributed by atoms with Gasteiger partial charge in [-0.25, -0.2) is 4.79 Å². The second-order valence-electron chi connectivity index (χ2n) is 9.62. The summed E-state index contributed by atoms with van der Waals surface area (Å²) < 4.78 is 28.9. The predicted octanol–water partition coefficient (Wildman–Crippen LogP) is 5.67. The van der Waals surface area contributed by atoms with Gasteiger partial charge in [-0.1, -0.05) is 63.6 Å². The molecule has 1 unspecified atom stereocenters. The van der Waals surface area contributed by atoms with Crippen LogP contribution in [-0.2, 0) is 20.9 Å². The highest BCUT2D eigenvalue weighted by Gasteiger charge is 2.43. The molecule has 0 bridgehead atoms. The molecule has 2 aromatic carbocycles. The van der Waals surface area contributed by atoms with E-state index in [2.05, 4.69) is 20.8 Å². The minimum atomic E-state index is -3.65. The number of rotatable bonds is 6. The first-order valence-corrected chi connectivity index (χ1v) is 13.4. The van der Waals surface area contributed by atoms with Crippen LogP contribution in [0.3, 0.4) is 0 Å². The Kier molecular flexibility index (Phi) is 6.83. The number of nitrogens with zero attached hydrogens (tertiary/aromatic N) is 1. The Morgan fingerprint density at radius 2 is 1.73 bits per heavy atom. The third-order valence-electron chi connectivity index (χ3n) is 7.09. The molecule has 0 N–H and O–H groups in total. The zero-order valence-corrected chi connectivity index (χ0v) is 21.0. The molecule has 1 aliphatic rings. The summed E-state index contributed by atoms with van der Waals surface area (Å²) in [4.78, 5) is 13.0. The maximum Gasteiger partial charge on any atom is 0.355 e. The molecule has 33 heavy (non-hydrogen) atoms. The smallest absolute Gasteiger partial charge is 0.355 e. The Hall–Kier alpha value is -2.36. The van der Waals surface area contributed by atoms with Crippen LogP contribution in [0.15, 0.2) is 54.6 Å². The summed E-state index contributed by atoms with van der Waals surface area (Å²) in [6, 6.07) is 17.0. The topological polar surface area (TPSA) is 57.5 Å². The van der Waals surface area contributed by atoms with Crippen molar-refractivity contribution in [2.45, 2.75) is 46.1 Å². The number of fused-ring (bicyclic) bond motifs is 1. The average molecular weight is 468 g/mol. The normalized spacial score (nSPS) is 22.9. The van der Waals surface area contributed by atoms with Gasteiger partial charge in [0.05, 0.1) is 18.5 Å². The van der Waals surface area contributed by atoms with E-state index in [1.54, 1.807) is 4.57 Å². The van der Waals surface area contributed by atoms with E-state index < -0.39 is 13.3 Å². The number of ether oxygens (including phenoxy) is 1. The Labute approximate surface area is 196 Å². The molecule has 0 aliphatic heterocycles. The second-order valence-corrected chi connectivity index (χ2v) is 11.9. The van der Waals surface area contributed by atoms with Crippen LogP contribution in [0.5, 0.6) is 0 Å². The summed E-state index contributed by atoms with van der Waals surface area (Å²) in [5.74, 6) is 0.719. The number of methoxy groups -OCH3 is 1. The lowest BCUT2D eigenvalue weighted by atomic mass is 9.75. The highest BCUT2D eigenvalue weighted by atomic mass is 31.2. The molecule has 4 rings (SSSR count). The fourth-order valence-corrected chi connectivity index (χ4v) is 8.00. The Balaban J connectivity index is 1.98.